The maximum Gasteiger partial charge on any atom is 0.255 e. The molecular formula is C21H28ClN3O3. The summed E-state index contributed by atoms with van der Waals surface area (Å²) in [5.41, 5.74) is 1.03. The van der Waals surface area contributed by atoms with Gasteiger partial charge in [0.25, 0.3) is 5.91 Å². The average Bonchev–Trinajstić information content (AvgIpc) is 3.54. The number of hydrogen-bond donors (Lipinski definition) is 1. The van der Waals surface area contributed by atoms with Crippen LogP contribution in [0, 0.1) is 11.8 Å². The lowest BCUT2D eigenvalue weighted by Gasteiger charge is -2.31. The second-order valence-corrected chi connectivity index (χ2v) is 7.94. The SMILES string of the molecule is CCN(CC)C(=O)c1ccc(NC(=O)C2CCN(C(=O)C3CC3)CC2)cc1Cl. The van der Waals surface area contributed by atoms with Crippen LogP contribution in [0.5, 0.6) is 0 Å². The molecule has 1 aromatic carbocycles. The van der Waals surface area contributed by atoms with E-state index in [0.29, 0.717) is 55.3 Å². The van der Waals surface area contributed by atoms with Gasteiger partial charge in [0.05, 0.1) is 10.6 Å². The Labute approximate surface area is 171 Å². The molecular weight excluding hydrogens is 378 g/mol. The van der Waals surface area contributed by atoms with Crippen LogP contribution in [-0.4, -0.2) is 53.7 Å². The Balaban J connectivity index is 1.56. The van der Waals surface area contributed by atoms with E-state index >= 15 is 0 Å². The Morgan fingerprint density at radius 1 is 1.07 bits per heavy atom. The lowest BCUT2D eigenvalue weighted by molar-refractivity contribution is -0.135. The van der Waals surface area contributed by atoms with Crippen LogP contribution in [-0.2, 0) is 9.59 Å². The van der Waals surface area contributed by atoms with Crippen LogP contribution in [0.3, 0.4) is 0 Å². The Bertz CT molecular complexity index is 751. The summed E-state index contributed by atoms with van der Waals surface area (Å²) >= 11 is 6.30. The van der Waals surface area contributed by atoms with Gasteiger partial charge in [0.2, 0.25) is 11.8 Å². The van der Waals surface area contributed by atoms with Crippen LogP contribution in [0.15, 0.2) is 18.2 Å². The van der Waals surface area contributed by atoms with Gasteiger partial charge in [-0.05, 0) is 57.7 Å². The summed E-state index contributed by atoms with van der Waals surface area (Å²) < 4.78 is 0. The minimum atomic E-state index is -0.112. The summed E-state index contributed by atoms with van der Waals surface area (Å²) in [7, 11) is 0. The number of hydrogen-bond acceptors (Lipinski definition) is 3. The Morgan fingerprint density at radius 2 is 1.71 bits per heavy atom. The van der Waals surface area contributed by atoms with E-state index in [2.05, 4.69) is 5.32 Å². The second-order valence-electron chi connectivity index (χ2n) is 7.54. The highest BCUT2D eigenvalue weighted by Crippen LogP contribution is 2.32. The zero-order valence-electron chi connectivity index (χ0n) is 16.5. The number of piperidine rings is 1. The topological polar surface area (TPSA) is 69.7 Å². The first kappa shape index (κ1) is 20.6. The van der Waals surface area contributed by atoms with Crippen molar-refractivity contribution in [3.05, 3.63) is 28.8 Å². The lowest BCUT2D eigenvalue weighted by Crippen LogP contribution is -2.42. The third-order valence-corrected chi connectivity index (χ3v) is 5.93. The van der Waals surface area contributed by atoms with Crippen molar-refractivity contribution < 1.29 is 14.4 Å². The van der Waals surface area contributed by atoms with Crippen LogP contribution in [0.25, 0.3) is 0 Å². The number of carbonyl (C=O) groups is 3. The molecule has 1 N–H and O–H groups in total. The van der Waals surface area contributed by atoms with Crippen molar-refractivity contribution >= 4 is 35.0 Å². The maximum atomic E-state index is 12.6. The van der Waals surface area contributed by atoms with Crippen LogP contribution < -0.4 is 5.32 Å². The summed E-state index contributed by atoms with van der Waals surface area (Å²) in [5.74, 6) is 0.196. The van der Waals surface area contributed by atoms with Crippen molar-refractivity contribution in [3.8, 4) is 0 Å². The molecule has 2 fully saturated rings. The summed E-state index contributed by atoms with van der Waals surface area (Å²) in [6.45, 7) is 6.37. The standard InChI is InChI=1S/C21H28ClN3O3/c1-3-24(4-2)21(28)17-8-7-16(13-18(17)22)23-19(26)14-9-11-25(12-10-14)20(27)15-5-6-15/h7-8,13-15H,3-6,9-12H2,1-2H3,(H,23,26). The highest BCUT2D eigenvalue weighted by atomic mass is 35.5. The van der Waals surface area contributed by atoms with Gasteiger partial charge in [-0.2, -0.15) is 0 Å². The Kier molecular flexibility index (Phi) is 6.60. The Hall–Kier alpha value is -2.08. The molecule has 1 heterocycles. The molecule has 0 spiro atoms. The van der Waals surface area contributed by atoms with Gasteiger partial charge in [-0.1, -0.05) is 11.6 Å². The van der Waals surface area contributed by atoms with Crippen LogP contribution in [0.4, 0.5) is 5.69 Å². The second kappa shape index (κ2) is 8.95. The maximum absolute atomic E-state index is 12.6. The Morgan fingerprint density at radius 3 is 2.25 bits per heavy atom. The first-order valence-corrected chi connectivity index (χ1v) is 10.5. The van der Waals surface area contributed by atoms with Gasteiger partial charge in [0.15, 0.2) is 0 Å². The third-order valence-electron chi connectivity index (χ3n) is 5.62. The van der Waals surface area contributed by atoms with Crippen molar-refractivity contribution in [2.24, 2.45) is 11.8 Å². The minimum Gasteiger partial charge on any atom is -0.342 e. The van der Waals surface area contributed by atoms with E-state index in [1.165, 1.54) is 0 Å². The minimum absolute atomic E-state index is 0.0580. The van der Waals surface area contributed by atoms with Crippen molar-refractivity contribution in [1.82, 2.24) is 9.80 Å². The van der Waals surface area contributed by atoms with E-state index in [1.807, 2.05) is 18.7 Å². The monoisotopic (exact) mass is 405 g/mol. The first-order valence-electron chi connectivity index (χ1n) is 10.1. The van der Waals surface area contributed by atoms with Crippen molar-refractivity contribution in [2.45, 2.75) is 39.5 Å². The van der Waals surface area contributed by atoms with Gasteiger partial charge in [-0.25, -0.2) is 0 Å². The van der Waals surface area contributed by atoms with Crippen molar-refractivity contribution in [1.29, 1.82) is 0 Å². The molecule has 0 atom stereocenters. The molecule has 28 heavy (non-hydrogen) atoms. The summed E-state index contributed by atoms with van der Waals surface area (Å²) in [6.07, 6.45) is 3.37. The largest absolute Gasteiger partial charge is 0.342 e. The number of nitrogens with one attached hydrogen (secondary N) is 1. The highest BCUT2D eigenvalue weighted by Gasteiger charge is 2.36. The molecule has 3 amide bonds. The van der Waals surface area contributed by atoms with E-state index in [-0.39, 0.29) is 29.6 Å². The van der Waals surface area contributed by atoms with Crippen LogP contribution in [0.1, 0.15) is 49.9 Å². The van der Waals surface area contributed by atoms with E-state index in [4.69, 9.17) is 11.6 Å². The molecule has 1 aliphatic carbocycles. The third kappa shape index (κ3) is 4.66. The number of rotatable bonds is 6. The first-order chi connectivity index (χ1) is 13.4. The number of carbonyl (C=O) groups excluding carboxylic acids is 3. The number of likely N-dealkylation sites (tertiary alicyclic amines) is 1. The van der Waals surface area contributed by atoms with E-state index < -0.39 is 0 Å². The fraction of sp³-hybridized carbons (Fsp3) is 0.571. The lowest BCUT2D eigenvalue weighted by atomic mass is 9.95. The van der Waals surface area contributed by atoms with E-state index in [0.717, 1.165) is 12.8 Å². The number of anilines is 1. The summed E-state index contributed by atoms with van der Waals surface area (Å²) in [5, 5.41) is 3.24. The number of nitrogens with zero attached hydrogens (tertiary/aromatic N) is 2. The predicted octanol–water partition coefficient (Wildman–Crippen LogP) is 3.41. The molecule has 1 saturated heterocycles. The van der Waals surface area contributed by atoms with Gasteiger partial charge in [-0.15, -0.1) is 0 Å². The van der Waals surface area contributed by atoms with Gasteiger partial charge in [0, 0.05) is 43.7 Å². The number of amides is 3. The van der Waals surface area contributed by atoms with Crippen molar-refractivity contribution in [3.63, 3.8) is 0 Å². The van der Waals surface area contributed by atoms with Gasteiger partial charge >= 0.3 is 0 Å². The molecule has 3 rings (SSSR count). The molecule has 0 aromatic heterocycles. The molecule has 7 heteroatoms. The van der Waals surface area contributed by atoms with E-state index in [1.54, 1.807) is 23.1 Å². The van der Waals surface area contributed by atoms with Gasteiger partial charge in [-0.3, -0.25) is 14.4 Å². The fourth-order valence-electron chi connectivity index (χ4n) is 3.64. The van der Waals surface area contributed by atoms with Crippen LogP contribution >= 0.6 is 11.6 Å². The zero-order valence-corrected chi connectivity index (χ0v) is 17.3. The fourth-order valence-corrected chi connectivity index (χ4v) is 3.90. The quantitative estimate of drug-likeness (QED) is 0.788. The predicted molar refractivity (Wildman–Crippen MR) is 109 cm³/mol. The molecule has 0 unspecified atom stereocenters. The molecule has 1 aliphatic heterocycles. The molecule has 6 nitrogen and oxygen atoms in total. The van der Waals surface area contributed by atoms with Crippen molar-refractivity contribution in [2.75, 3.05) is 31.5 Å². The smallest absolute Gasteiger partial charge is 0.255 e. The number of benzene rings is 1. The molecule has 0 bridgehead atoms. The van der Waals surface area contributed by atoms with Gasteiger partial charge in [0.1, 0.15) is 0 Å². The van der Waals surface area contributed by atoms with Gasteiger partial charge < -0.3 is 15.1 Å². The molecule has 2 aliphatic rings. The number of halogens is 1. The normalized spacial score (nSPS) is 17.3. The molecule has 1 aromatic rings. The summed E-state index contributed by atoms with van der Waals surface area (Å²) in [6, 6.07) is 5.00. The molecule has 0 radical (unpaired) electrons. The highest BCUT2D eigenvalue weighted by molar-refractivity contribution is 6.34. The molecule has 152 valence electrons. The van der Waals surface area contributed by atoms with E-state index in [9.17, 15) is 14.4 Å². The zero-order chi connectivity index (χ0) is 20.3. The summed E-state index contributed by atoms with van der Waals surface area (Å²) in [4.78, 5) is 40.8. The molecule has 1 saturated carbocycles. The average molecular weight is 406 g/mol. The van der Waals surface area contributed by atoms with Crippen LogP contribution in [0.2, 0.25) is 5.02 Å².